The van der Waals surface area contributed by atoms with Gasteiger partial charge in [-0.25, -0.2) is 0 Å². The normalized spacial score (nSPS) is 26.3. The van der Waals surface area contributed by atoms with Crippen LogP contribution in [-0.4, -0.2) is 19.0 Å². The molecule has 0 aromatic heterocycles. The van der Waals surface area contributed by atoms with Gasteiger partial charge in [-0.3, -0.25) is 0 Å². The third-order valence-corrected chi connectivity index (χ3v) is 2.50. The second-order valence-electron chi connectivity index (χ2n) is 5.00. The van der Waals surface area contributed by atoms with E-state index >= 15 is 0 Å². The first kappa shape index (κ1) is 11.7. The molecular weight excluding hydrogens is 176 g/mol. The zero-order valence-corrected chi connectivity index (χ0v) is 9.80. The maximum atomic E-state index is 5.66. The summed E-state index contributed by atoms with van der Waals surface area (Å²) in [4.78, 5) is 0. The van der Waals surface area contributed by atoms with Crippen molar-refractivity contribution in [1.82, 2.24) is 0 Å². The SMILES string of the molecule is C=C(C)C1OC1OCC(C)(C)CCC. The number of ether oxygens (including phenoxy) is 2. The van der Waals surface area contributed by atoms with E-state index in [0.717, 1.165) is 12.2 Å². The van der Waals surface area contributed by atoms with Gasteiger partial charge in [-0.2, -0.15) is 0 Å². The molecule has 0 aromatic rings. The van der Waals surface area contributed by atoms with Crippen LogP contribution in [0.3, 0.4) is 0 Å². The van der Waals surface area contributed by atoms with Crippen LogP contribution in [0.4, 0.5) is 0 Å². The van der Waals surface area contributed by atoms with Gasteiger partial charge < -0.3 is 9.47 Å². The van der Waals surface area contributed by atoms with Crippen molar-refractivity contribution in [2.75, 3.05) is 6.61 Å². The van der Waals surface area contributed by atoms with Crippen LogP contribution >= 0.6 is 0 Å². The van der Waals surface area contributed by atoms with Gasteiger partial charge in [0.25, 0.3) is 0 Å². The predicted octanol–water partition coefficient (Wildman–Crippen LogP) is 3.13. The lowest BCUT2D eigenvalue weighted by Crippen LogP contribution is -2.20. The first-order chi connectivity index (χ1) is 6.46. The quantitative estimate of drug-likeness (QED) is 0.483. The fourth-order valence-electron chi connectivity index (χ4n) is 1.63. The summed E-state index contributed by atoms with van der Waals surface area (Å²) >= 11 is 0. The summed E-state index contributed by atoms with van der Waals surface area (Å²) in [6, 6.07) is 0. The van der Waals surface area contributed by atoms with Crippen LogP contribution in [0.5, 0.6) is 0 Å². The Hall–Kier alpha value is -0.340. The van der Waals surface area contributed by atoms with Gasteiger partial charge in [0.15, 0.2) is 6.29 Å². The molecule has 2 unspecified atom stereocenters. The van der Waals surface area contributed by atoms with Crippen molar-refractivity contribution in [2.45, 2.75) is 52.9 Å². The Morgan fingerprint density at radius 3 is 2.57 bits per heavy atom. The maximum absolute atomic E-state index is 5.66. The molecule has 0 N–H and O–H groups in total. The molecule has 82 valence electrons. The Labute approximate surface area is 87.3 Å². The molecule has 1 aliphatic rings. The molecule has 0 amide bonds. The van der Waals surface area contributed by atoms with Crippen molar-refractivity contribution in [2.24, 2.45) is 5.41 Å². The second-order valence-corrected chi connectivity index (χ2v) is 5.00. The number of hydrogen-bond donors (Lipinski definition) is 0. The molecule has 14 heavy (non-hydrogen) atoms. The summed E-state index contributed by atoms with van der Waals surface area (Å²) in [5.74, 6) is 0. The van der Waals surface area contributed by atoms with Gasteiger partial charge in [0, 0.05) is 0 Å². The summed E-state index contributed by atoms with van der Waals surface area (Å²) in [6.07, 6.45) is 2.51. The van der Waals surface area contributed by atoms with E-state index in [1.807, 2.05) is 6.92 Å². The molecule has 1 fully saturated rings. The molecule has 2 nitrogen and oxygen atoms in total. The number of hydrogen-bond acceptors (Lipinski definition) is 2. The Kier molecular flexibility index (Phi) is 3.73. The zero-order chi connectivity index (χ0) is 10.8. The molecule has 1 saturated heterocycles. The summed E-state index contributed by atoms with van der Waals surface area (Å²) in [6.45, 7) is 13.3. The van der Waals surface area contributed by atoms with Crippen LogP contribution in [0, 0.1) is 5.41 Å². The Balaban J connectivity index is 2.19. The first-order valence-electron chi connectivity index (χ1n) is 5.39. The zero-order valence-electron chi connectivity index (χ0n) is 9.80. The third kappa shape index (κ3) is 3.43. The molecule has 0 aromatic carbocycles. The Morgan fingerprint density at radius 1 is 1.50 bits per heavy atom. The summed E-state index contributed by atoms with van der Waals surface area (Å²) in [7, 11) is 0. The van der Waals surface area contributed by atoms with E-state index in [9.17, 15) is 0 Å². The van der Waals surface area contributed by atoms with Crippen molar-refractivity contribution in [3.63, 3.8) is 0 Å². The van der Waals surface area contributed by atoms with Gasteiger partial charge in [-0.1, -0.05) is 33.8 Å². The smallest absolute Gasteiger partial charge is 0.188 e. The van der Waals surface area contributed by atoms with E-state index in [1.54, 1.807) is 0 Å². The van der Waals surface area contributed by atoms with Crippen LogP contribution in [0.2, 0.25) is 0 Å². The lowest BCUT2D eigenvalue weighted by atomic mass is 9.89. The van der Waals surface area contributed by atoms with Gasteiger partial charge in [0.05, 0.1) is 6.61 Å². The molecule has 0 aliphatic carbocycles. The van der Waals surface area contributed by atoms with Crippen LogP contribution in [0.25, 0.3) is 0 Å². The minimum absolute atomic E-state index is 0.0244. The first-order valence-corrected chi connectivity index (χ1v) is 5.39. The highest BCUT2D eigenvalue weighted by molar-refractivity contribution is 5.06. The number of epoxide rings is 1. The van der Waals surface area contributed by atoms with Crippen LogP contribution in [-0.2, 0) is 9.47 Å². The topological polar surface area (TPSA) is 21.8 Å². The average molecular weight is 198 g/mol. The molecule has 0 radical (unpaired) electrons. The highest BCUT2D eigenvalue weighted by atomic mass is 16.8. The van der Waals surface area contributed by atoms with Crippen molar-refractivity contribution < 1.29 is 9.47 Å². The predicted molar refractivity (Wildman–Crippen MR) is 58.1 cm³/mol. The summed E-state index contributed by atoms with van der Waals surface area (Å²) in [5.41, 5.74) is 1.32. The highest BCUT2D eigenvalue weighted by Crippen LogP contribution is 2.32. The van der Waals surface area contributed by atoms with Crippen molar-refractivity contribution in [3.8, 4) is 0 Å². The van der Waals surface area contributed by atoms with Crippen molar-refractivity contribution in [3.05, 3.63) is 12.2 Å². The standard InChI is InChI=1S/C12H22O2/c1-6-7-12(4,5)8-13-11-10(14-11)9(2)3/h10-11H,2,6-8H2,1,3-5H3. The monoisotopic (exact) mass is 198 g/mol. The van der Waals surface area contributed by atoms with E-state index in [-0.39, 0.29) is 17.8 Å². The largest absolute Gasteiger partial charge is 0.349 e. The van der Waals surface area contributed by atoms with Crippen LogP contribution in [0.1, 0.15) is 40.5 Å². The minimum Gasteiger partial charge on any atom is -0.349 e. The molecule has 2 atom stereocenters. The van der Waals surface area contributed by atoms with Gasteiger partial charge in [-0.15, -0.1) is 0 Å². The van der Waals surface area contributed by atoms with E-state index in [2.05, 4.69) is 27.4 Å². The Bertz CT molecular complexity index is 208. The average Bonchev–Trinajstić information content (AvgIpc) is 2.79. The molecule has 0 saturated carbocycles. The van der Waals surface area contributed by atoms with Gasteiger partial charge in [0.1, 0.15) is 6.10 Å². The molecule has 0 bridgehead atoms. The van der Waals surface area contributed by atoms with E-state index in [1.165, 1.54) is 12.8 Å². The van der Waals surface area contributed by atoms with Gasteiger partial charge in [-0.05, 0) is 24.3 Å². The molecule has 1 rings (SSSR count). The highest BCUT2D eigenvalue weighted by Gasteiger charge is 2.41. The molecule has 0 spiro atoms. The second kappa shape index (κ2) is 4.45. The summed E-state index contributed by atoms with van der Waals surface area (Å²) < 4.78 is 11.0. The van der Waals surface area contributed by atoms with E-state index in [0.29, 0.717) is 0 Å². The summed E-state index contributed by atoms with van der Waals surface area (Å²) in [5, 5.41) is 0. The molecule has 2 heteroatoms. The third-order valence-electron chi connectivity index (χ3n) is 2.50. The maximum Gasteiger partial charge on any atom is 0.188 e. The molecular formula is C12H22O2. The number of rotatable bonds is 6. The van der Waals surface area contributed by atoms with Crippen LogP contribution in [0.15, 0.2) is 12.2 Å². The van der Waals surface area contributed by atoms with E-state index < -0.39 is 0 Å². The van der Waals surface area contributed by atoms with Gasteiger partial charge >= 0.3 is 0 Å². The van der Waals surface area contributed by atoms with Crippen molar-refractivity contribution >= 4 is 0 Å². The molecule has 1 heterocycles. The fourth-order valence-corrected chi connectivity index (χ4v) is 1.63. The van der Waals surface area contributed by atoms with Gasteiger partial charge in [0.2, 0.25) is 0 Å². The lowest BCUT2D eigenvalue weighted by Gasteiger charge is -2.22. The van der Waals surface area contributed by atoms with Crippen molar-refractivity contribution in [1.29, 1.82) is 0 Å². The molecule has 1 aliphatic heterocycles. The van der Waals surface area contributed by atoms with Crippen LogP contribution < -0.4 is 0 Å². The minimum atomic E-state index is -0.0244. The van der Waals surface area contributed by atoms with E-state index in [4.69, 9.17) is 9.47 Å². The fraction of sp³-hybridized carbons (Fsp3) is 0.833. The lowest BCUT2D eigenvalue weighted by molar-refractivity contribution is -0.0000570. The Morgan fingerprint density at radius 2 is 2.14 bits per heavy atom.